The Bertz CT molecular complexity index is 363. The van der Waals surface area contributed by atoms with E-state index in [0.29, 0.717) is 12.5 Å². The van der Waals surface area contributed by atoms with Crippen molar-refractivity contribution in [1.29, 1.82) is 0 Å². The van der Waals surface area contributed by atoms with E-state index in [2.05, 4.69) is 4.98 Å². The molecule has 1 aromatic rings. The molecule has 0 saturated heterocycles. The van der Waals surface area contributed by atoms with Crippen molar-refractivity contribution in [3.05, 3.63) is 30.1 Å². The second kappa shape index (κ2) is 4.61. The Hall–Kier alpha value is -1.42. The van der Waals surface area contributed by atoms with E-state index < -0.39 is 5.97 Å². The van der Waals surface area contributed by atoms with Gasteiger partial charge in [0.1, 0.15) is 6.04 Å². The second-order valence-corrected chi connectivity index (χ2v) is 4.36. The maximum atomic E-state index is 11.2. The van der Waals surface area contributed by atoms with Gasteiger partial charge in [0.25, 0.3) is 0 Å². The molecule has 1 aliphatic carbocycles. The maximum absolute atomic E-state index is 11.2. The van der Waals surface area contributed by atoms with Crippen LogP contribution in [0.1, 0.15) is 18.5 Å². The van der Waals surface area contributed by atoms with Gasteiger partial charge in [-0.1, -0.05) is 6.07 Å². The van der Waals surface area contributed by atoms with Crippen LogP contribution < -0.4 is 0 Å². The zero-order valence-corrected chi connectivity index (χ0v) is 9.34. The van der Waals surface area contributed by atoms with Crippen molar-refractivity contribution < 1.29 is 9.90 Å². The molecule has 1 heterocycles. The van der Waals surface area contributed by atoms with E-state index in [4.69, 9.17) is 0 Å². The van der Waals surface area contributed by atoms with Crippen LogP contribution in [0.5, 0.6) is 0 Å². The molecule has 86 valence electrons. The fourth-order valence-corrected chi connectivity index (χ4v) is 2.01. The molecule has 0 aromatic carbocycles. The van der Waals surface area contributed by atoms with E-state index in [1.165, 1.54) is 0 Å². The van der Waals surface area contributed by atoms with Gasteiger partial charge in [0, 0.05) is 12.7 Å². The Kier molecular flexibility index (Phi) is 3.19. The van der Waals surface area contributed by atoms with Gasteiger partial charge in [0.2, 0.25) is 0 Å². The summed E-state index contributed by atoms with van der Waals surface area (Å²) in [4.78, 5) is 17.2. The molecule has 16 heavy (non-hydrogen) atoms. The number of hydrogen-bond donors (Lipinski definition) is 1. The van der Waals surface area contributed by atoms with Crippen LogP contribution in [0, 0.1) is 5.92 Å². The predicted octanol–water partition coefficient (Wildman–Crippen LogP) is 1.38. The van der Waals surface area contributed by atoms with Crippen molar-refractivity contribution in [3.8, 4) is 0 Å². The minimum Gasteiger partial charge on any atom is -0.480 e. The standard InChI is InChI=1S/C12H16N2O2/c1-14(8-10-4-2-3-7-13-10)11(12(15)16)9-5-6-9/h2-4,7,9,11H,5-6,8H2,1H3,(H,15,16). The molecule has 0 spiro atoms. The zero-order chi connectivity index (χ0) is 11.5. The third-order valence-electron chi connectivity index (χ3n) is 2.93. The molecule has 1 atom stereocenters. The molecule has 4 nitrogen and oxygen atoms in total. The Balaban J connectivity index is 2.00. The van der Waals surface area contributed by atoms with Crippen molar-refractivity contribution in [1.82, 2.24) is 9.88 Å². The lowest BCUT2D eigenvalue weighted by molar-refractivity contribution is -0.143. The van der Waals surface area contributed by atoms with Gasteiger partial charge in [-0.3, -0.25) is 14.7 Å². The minimum atomic E-state index is -0.721. The summed E-state index contributed by atoms with van der Waals surface area (Å²) >= 11 is 0. The Morgan fingerprint density at radius 1 is 1.62 bits per heavy atom. The van der Waals surface area contributed by atoms with Gasteiger partial charge in [-0.25, -0.2) is 0 Å². The van der Waals surface area contributed by atoms with E-state index in [1.807, 2.05) is 30.1 Å². The van der Waals surface area contributed by atoms with Crippen LogP contribution in [0.2, 0.25) is 0 Å². The first kappa shape index (κ1) is 11.1. The van der Waals surface area contributed by atoms with Gasteiger partial charge in [0.05, 0.1) is 5.69 Å². The highest BCUT2D eigenvalue weighted by Crippen LogP contribution is 2.35. The third-order valence-corrected chi connectivity index (χ3v) is 2.93. The average Bonchev–Trinajstić information content (AvgIpc) is 3.03. The monoisotopic (exact) mass is 220 g/mol. The topological polar surface area (TPSA) is 53.4 Å². The number of pyridine rings is 1. The summed E-state index contributed by atoms with van der Waals surface area (Å²) in [7, 11) is 1.85. The summed E-state index contributed by atoms with van der Waals surface area (Å²) in [5.74, 6) is -0.396. The molecule has 0 aliphatic heterocycles. The fourth-order valence-electron chi connectivity index (χ4n) is 2.01. The van der Waals surface area contributed by atoms with Gasteiger partial charge in [-0.15, -0.1) is 0 Å². The lowest BCUT2D eigenvalue weighted by atomic mass is 10.1. The maximum Gasteiger partial charge on any atom is 0.321 e. The molecule has 0 amide bonds. The lowest BCUT2D eigenvalue weighted by Gasteiger charge is -2.23. The van der Waals surface area contributed by atoms with E-state index >= 15 is 0 Å². The molecule has 1 N–H and O–H groups in total. The fraction of sp³-hybridized carbons (Fsp3) is 0.500. The highest BCUT2D eigenvalue weighted by molar-refractivity contribution is 5.74. The number of aliphatic carboxylic acids is 1. The number of aromatic nitrogens is 1. The largest absolute Gasteiger partial charge is 0.480 e. The number of nitrogens with zero attached hydrogens (tertiary/aromatic N) is 2. The molecule has 1 aromatic heterocycles. The quantitative estimate of drug-likeness (QED) is 0.814. The zero-order valence-electron chi connectivity index (χ0n) is 9.34. The number of likely N-dealkylation sites (N-methyl/N-ethyl adjacent to an activating group) is 1. The number of carboxylic acid groups (broad SMARTS) is 1. The van der Waals surface area contributed by atoms with Crippen LogP contribution in [-0.2, 0) is 11.3 Å². The number of hydrogen-bond acceptors (Lipinski definition) is 3. The summed E-state index contributed by atoms with van der Waals surface area (Å²) in [5.41, 5.74) is 0.914. The van der Waals surface area contributed by atoms with Crippen LogP contribution in [0.4, 0.5) is 0 Å². The van der Waals surface area contributed by atoms with Crippen LogP contribution in [0.25, 0.3) is 0 Å². The number of carboxylic acids is 1. The highest BCUT2D eigenvalue weighted by Gasteiger charge is 2.38. The van der Waals surface area contributed by atoms with Crippen molar-refractivity contribution in [3.63, 3.8) is 0 Å². The van der Waals surface area contributed by atoms with Crippen LogP contribution in [0.3, 0.4) is 0 Å². The summed E-state index contributed by atoms with van der Waals surface area (Å²) < 4.78 is 0. The SMILES string of the molecule is CN(Cc1ccccn1)C(C(=O)O)C1CC1. The molecule has 2 rings (SSSR count). The lowest BCUT2D eigenvalue weighted by Crippen LogP contribution is -2.39. The summed E-state index contributed by atoms with van der Waals surface area (Å²) in [6, 6.07) is 5.34. The van der Waals surface area contributed by atoms with Crippen molar-refractivity contribution in [2.24, 2.45) is 5.92 Å². The molecule has 0 bridgehead atoms. The molecule has 1 saturated carbocycles. The minimum absolute atomic E-state index is 0.325. The van der Waals surface area contributed by atoms with Gasteiger partial charge >= 0.3 is 5.97 Å². The van der Waals surface area contributed by atoms with E-state index in [9.17, 15) is 9.90 Å². The molecule has 1 unspecified atom stereocenters. The molecule has 0 radical (unpaired) electrons. The molecular weight excluding hydrogens is 204 g/mol. The molecule has 1 fully saturated rings. The van der Waals surface area contributed by atoms with E-state index in [-0.39, 0.29) is 6.04 Å². The number of rotatable bonds is 5. The Morgan fingerprint density at radius 2 is 2.38 bits per heavy atom. The summed E-state index contributed by atoms with van der Waals surface area (Å²) in [5, 5.41) is 9.17. The van der Waals surface area contributed by atoms with Gasteiger partial charge in [-0.2, -0.15) is 0 Å². The second-order valence-electron chi connectivity index (χ2n) is 4.36. The van der Waals surface area contributed by atoms with E-state index in [0.717, 1.165) is 18.5 Å². The van der Waals surface area contributed by atoms with E-state index in [1.54, 1.807) is 6.20 Å². The Labute approximate surface area is 94.9 Å². The van der Waals surface area contributed by atoms with Crippen LogP contribution >= 0.6 is 0 Å². The highest BCUT2D eigenvalue weighted by atomic mass is 16.4. The van der Waals surface area contributed by atoms with Crippen molar-refractivity contribution in [2.75, 3.05) is 7.05 Å². The van der Waals surface area contributed by atoms with Crippen molar-refractivity contribution >= 4 is 5.97 Å². The molecular formula is C12H16N2O2. The van der Waals surface area contributed by atoms with Crippen LogP contribution in [0.15, 0.2) is 24.4 Å². The third kappa shape index (κ3) is 2.58. The first-order valence-corrected chi connectivity index (χ1v) is 5.51. The first-order chi connectivity index (χ1) is 7.68. The normalized spacial score (nSPS) is 17.4. The van der Waals surface area contributed by atoms with Crippen LogP contribution in [-0.4, -0.2) is 34.0 Å². The predicted molar refractivity (Wildman–Crippen MR) is 59.9 cm³/mol. The van der Waals surface area contributed by atoms with Gasteiger partial charge < -0.3 is 5.11 Å². The smallest absolute Gasteiger partial charge is 0.321 e. The van der Waals surface area contributed by atoms with Crippen molar-refractivity contribution in [2.45, 2.75) is 25.4 Å². The first-order valence-electron chi connectivity index (χ1n) is 5.51. The molecule has 4 heteroatoms. The average molecular weight is 220 g/mol. The summed E-state index contributed by atoms with van der Waals surface area (Å²) in [6.07, 6.45) is 3.79. The number of carbonyl (C=O) groups is 1. The van der Waals surface area contributed by atoms with Gasteiger partial charge in [-0.05, 0) is 37.9 Å². The molecule has 1 aliphatic rings. The Morgan fingerprint density at radius 3 is 2.88 bits per heavy atom. The van der Waals surface area contributed by atoms with Gasteiger partial charge in [0.15, 0.2) is 0 Å². The summed E-state index contributed by atoms with van der Waals surface area (Å²) in [6.45, 7) is 0.592.